The van der Waals surface area contributed by atoms with Crippen LogP contribution in [0.15, 0.2) is 0 Å². The third-order valence-corrected chi connectivity index (χ3v) is 4.26. The van der Waals surface area contributed by atoms with Gasteiger partial charge in [-0.3, -0.25) is 9.59 Å². The van der Waals surface area contributed by atoms with E-state index in [0.717, 1.165) is 45.3 Å². The molecular formula is C15H28ClN3O3. The van der Waals surface area contributed by atoms with Crippen molar-refractivity contribution in [3.05, 3.63) is 0 Å². The van der Waals surface area contributed by atoms with Gasteiger partial charge in [-0.25, -0.2) is 0 Å². The Morgan fingerprint density at radius 3 is 2.73 bits per heavy atom. The molecule has 0 radical (unpaired) electrons. The fraction of sp³-hybridized carbons (Fsp3) is 0.867. The van der Waals surface area contributed by atoms with Gasteiger partial charge in [-0.05, 0) is 32.1 Å². The third kappa shape index (κ3) is 5.74. The first kappa shape index (κ1) is 19.2. The first-order valence-electron chi connectivity index (χ1n) is 8.08. The molecule has 7 heteroatoms. The molecule has 0 bridgehead atoms. The van der Waals surface area contributed by atoms with Gasteiger partial charge in [-0.2, -0.15) is 0 Å². The summed E-state index contributed by atoms with van der Waals surface area (Å²) in [7, 11) is 0. The average Bonchev–Trinajstić information content (AvgIpc) is 2.53. The molecule has 0 aliphatic carbocycles. The predicted octanol–water partition coefficient (Wildman–Crippen LogP) is 0.681. The van der Waals surface area contributed by atoms with Crippen LogP contribution in [0.25, 0.3) is 0 Å². The van der Waals surface area contributed by atoms with Gasteiger partial charge in [0.2, 0.25) is 11.8 Å². The summed E-state index contributed by atoms with van der Waals surface area (Å²) in [5.74, 6) is 0.0478. The van der Waals surface area contributed by atoms with Gasteiger partial charge in [-0.15, -0.1) is 12.4 Å². The molecule has 2 fully saturated rings. The van der Waals surface area contributed by atoms with Crippen molar-refractivity contribution in [3.8, 4) is 0 Å². The van der Waals surface area contributed by atoms with E-state index in [1.54, 1.807) is 0 Å². The molecule has 128 valence electrons. The largest absolute Gasteiger partial charge is 0.378 e. The molecule has 0 aromatic rings. The number of nitrogens with zero attached hydrogens (tertiary/aromatic N) is 1. The minimum Gasteiger partial charge on any atom is -0.378 e. The molecule has 2 saturated heterocycles. The van der Waals surface area contributed by atoms with Gasteiger partial charge in [0.25, 0.3) is 0 Å². The Morgan fingerprint density at radius 2 is 2.05 bits per heavy atom. The van der Waals surface area contributed by atoms with Gasteiger partial charge in [0, 0.05) is 32.8 Å². The van der Waals surface area contributed by atoms with Crippen molar-refractivity contribution in [2.24, 2.45) is 11.7 Å². The molecule has 2 heterocycles. The van der Waals surface area contributed by atoms with Crippen molar-refractivity contribution in [2.45, 2.75) is 44.6 Å². The highest BCUT2D eigenvalue weighted by Crippen LogP contribution is 2.20. The van der Waals surface area contributed by atoms with Crippen LogP contribution in [-0.4, -0.2) is 55.6 Å². The van der Waals surface area contributed by atoms with Crippen molar-refractivity contribution in [2.75, 3.05) is 32.8 Å². The normalized spacial score (nSPS) is 25.2. The van der Waals surface area contributed by atoms with Crippen molar-refractivity contribution in [1.82, 2.24) is 10.2 Å². The van der Waals surface area contributed by atoms with Gasteiger partial charge in [0.05, 0.1) is 18.4 Å². The highest BCUT2D eigenvalue weighted by atomic mass is 35.5. The van der Waals surface area contributed by atoms with Gasteiger partial charge in [0.15, 0.2) is 0 Å². The predicted molar refractivity (Wildman–Crippen MR) is 86.8 cm³/mol. The zero-order chi connectivity index (χ0) is 15.1. The van der Waals surface area contributed by atoms with E-state index in [-0.39, 0.29) is 36.2 Å². The lowest BCUT2D eigenvalue weighted by molar-refractivity contribution is -0.138. The Morgan fingerprint density at radius 1 is 1.23 bits per heavy atom. The molecule has 0 aromatic heterocycles. The Kier molecular flexibility index (Phi) is 8.75. The Balaban J connectivity index is 0.00000242. The second-order valence-corrected chi connectivity index (χ2v) is 5.95. The summed E-state index contributed by atoms with van der Waals surface area (Å²) in [5, 5.41) is 2.82. The minimum absolute atomic E-state index is 0. The number of hydrogen-bond acceptors (Lipinski definition) is 4. The van der Waals surface area contributed by atoms with E-state index >= 15 is 0 Å². The number of ether oxygens (including phenoxy) is 1. The Labute approximate surface area is 138 Å². The fourth-order valence-corrected chi connectivity index (χ4v) is 3.05. The molecule has 3 N–H and O–H groups in total. The topological polar surface area (TPSA) is 84.7 Å². The maximum atomic E-state index is 12.3. The molecule has 0 spiro atoms. The molecule has 22 heavy (non-hydrogen) atoms. The Hall–Kier alpha value is -0.850. The van der Waals surface area contributed by atoms with Crippen LogP contribution < -0.4 is 11.1 Å². The van der Waals surface area contributed by atoms with Crippen molar-refractivity contribution in [1.29, 1.82) is 0 Å². The number of carbonyl (C=O) groups excluding carboxylic acids is 2. The molecule has 2 rings (SSSR count). The molecule has 0 aromatic carbocycles. The number of halogens is 1. The smallest absolute Gasteiger partial charge is 0.225 e. The van der Waals surface area contributed by atoms with Gasteiger partial charge in [0.1, 0.15) is 0 Å². The maximum absolute atomic E-state index is 12.3. The average molecular weight is 334 g/mol. The second-order valence-electron chi connectivity index (χ2n) is 5.95. The summed E-state index contributed by atoms with van der Waals surface area (Å²) >= 11 is 0. The lowest BCUT2D eigenvalue weighted by atomic mass is 9.96. The molecule has 0 saturated carbocycles. The highest BCUT2D eigenvalue weighted by Gasteiger charge is 2.29. The fourth-order valence-electron chi connectivity index (χ4n) is 3.05. The molecule has 2 aliphatic heterocycles. The van der Waals surface area contributed by atoms with E-state index in [2.05, 4.69) is 5.32 Å². The molecule has 2 aliphatic rings. The SMILES string of the molecule is Cl.NCCNC(=O)C1CCCN(C(=O)CC2CCCCO2)C1. The van der Waals surface area contributed by atoms with Crippen LogP contribution >= 0.6 is 12.4 Å². The van der Waals surface area contributed by atoms with Gasteiger partial charge < -0.3 is 20.7 Å². The number of piperidine rings is 1. The zero-order valence-electron chi connectivity index (χ0n) is 13.1. The van der Waals surface area contributed by atoms with E-state index in [1.165, 1.54) is 0 Å². The summed E-state index contributed by atoms with van der Waals surface area (Å²) in [5.41, 5.74) is 5.39. The van der Waals surface area contributed by atoms with Crippen LogP contribution in [0.1, 0.15) is 38.5 Å². The molecule has 2 amide bonds. The highest BCUT2D eigenvalue weighted by molar-refractivity contribution is 5.85. The standard InChI is InChI=1S/C15H27N3O3.ClH/c16-6-7-17-15(20)12-4-3-8-18(11-12)14(19)10-13-5-1-2-9-21-13;/h12-13H,1-11,16H2,(H,17,20);1H. The third-order valence-electron chi connectivity index (χ3n) is 4.26. The van der Waals surface area contributed by atoms with Crippen molar-refractivity contribution < 1.29 is 14.3 Å². The van der Waals surface area contributed by atoms with Crippen molar-refractivity contribution >= 4 is 24.2 Å². The quantitative estimate of drug-likeness (QED) is 0.775. The molecule has 6 nitrogen and oxygen atoms in total. The summed E-state index contributed by atoms with van der Waals surface area (Å²) in [6.45, 7) is 3.00. The number of carbonyl (C=O) groups is 2. The number of nitrogens with two attached hydrogens (primary N) is 1. The van der Waals surface area contributed by atoms with Crippen molar-refractivity contribution in [3.63, 3.8) is 0 Å². The summed E-state index contributed by atoms with van der Waals surface area (Å²) in [4.78, 5) is 26.2. The Bertz CT molecular complexity index is 362. The number of amides is 2. The first-order valence-corrected chi connectivity index (χ1v) is 8.08. The van der Waals surface area contributed by atoms with E-state index in [4.69, 9.17) is 10.5 Å². The molecule has 2 unspecified atom stereocenters. The maximum Gasteiger partial charge on any atom is 0.225 e. The van der Waals surface area contributed by atoms with Crippen LogP contribution in [-0.2, 0) is 14.3 Å². The van der Waals surface area contributed by atoms with Gasteiger partial charge in [-0.1, -0.05) is 0 Å². The van der Waals surface area contributed by atoms with E-state index in [0.29, 0.717) is 26.1 Å². The first-order chi connectivity index (χ1) is 10.2. The second kappa shape index (κ2) is 10.0. The van der Waals surface area contributed by atoms with E-state index in [1.807, 2.05) is 4.90 Å². The van der Waals surface area contributed by atoms with Crippen LogP contribution in [0.3, 0.4) is 0 Å². The van der Waals surface area contributed by atoms with E-state index in [9.17, 15) is 9.59 Å². The van der Waals surface area contributed by atoms with Crippen LogP contribution in [0.2, 0.25) is 0 Å². The zero-order valence-corrected chi connectivity index (χ0v) is 13.9. The number of likely N-dealkylation sites (tertiary alicyclic amines) is 1. The summed E-state index contributed by atoms with van der Waals surface area (Å²) < 4.78 is 5.63. The molecule has 2 atom stereocenters. The summed E-state index contributed by atoms with van der Waals surface area (Å²) in [6.07, 6.45) is 5.47. The monoisotopic (exact) mass is 333 g/mol. The molecular weight excluding hydrogens is 306 g/mol. The van der Waals surface area contributed by atoms with Crippen LogP contribution in [0.4, 0.5) is 0 Å². The lowest BCUT2D eigenvalue weighted by Gasteiger charge is -2.33. The lowest BCUT2D eigenvalue weighted by Crippen LogP contribution is -2.47. The summed E-state index contributed by atoms with van der Waals surface area (Å²) in [6, 6.07) is 0. The van der Waals surface area contributed by atoms with E-state index < -0.39 is 0 Å². The van der Waals surface area contributed by atoms with Gasteiger partial charge >= 0.3 is 0 Å². The number of nitrogens with one attached hydrogen (secondary N) is 1. The number of rotatable bonds is 5. The van der Waals surface area contributed by atoms with Crippen LogP contribution in [0, 0.1) is 5.92 Å². The minimum atomic E-state index is -0.0958. The number of hydrogen-bond donors (Lipinski definition) is 2. The van der Waals surface area contributed by atoms with Crippen LogP contribution in [0.5, 0.6) is 0 Å².